The first-order valence-corrected chi connectivity index (χ1v) is 6.78. The van der Waals surface area contributed by atoms with Crippen LogP contribution in [0.1, 0.15) is 31.9 Å². The van der Waals surface area contributed by atoms with Crippen LogP contribution in [0.25, 0.3) is 0 Å². The van der Waals surface area contributed by atoms with Crippen LogP contribution in [0.15, 0.2) is 10.8 Å². The van der Waals surface area contributed by atoms with Crippen LogP contribution in [0, 0.1) is 6.92 Å². The quantitative estimate of drug-likeness (QED) is 0.851. The minimum Gasteiger partial charge on any atom is -0.311 e. The predicted molar refractivity (Wildman–Crippen MR) is 73.1 cm³/mol. The van der Waals surface area contributed by atoms with Crippen molar-refractivity contribution in [3.8, 4) is 0 Å². The van der Waals surface area contributed by atoms with Crippen LogP contribution >= 0.6 is 11.3 Å². The second-order valence-electron chi connectivity index (χ2n) is 5.49. The van der Waals surface area contributed by atoms with Gasteiger partial charge in [-0.15, -0.1) is 0 Å². The Morgan fingerprint density at radius 1 is 1.31 bits per heavy atom. The lowest BCUT2D eigenvalue weighted by atomic mass is 10.1. The molecule has 0 saturated heterocycles. The Kier molecular flexibility index (Phi) is 4.96. The molecule has 0 saturated carbocycles. The molecule has 0 unspecified atom stereocenters. The highest BCUT2D eigenvalue weighted by Gasteiger charge is 2.09. The number of aryl methyl sites for hydroxylation is 1. The first-order chi connectivity index (χ1) is 7.38. The fraction of sp³-hybridized carbons (Fsp3) is 0.692. The molecular weight excluding hydrogens is 216 g/mol. The van der Waals surface area contributed by atoms with Gasteiger partial charge in [0.25, 0.3) is 0 Å². The number of rotatable bonds is 5. The Morgan fingerprint density at radius 3 is 2.50 bits per heavy atom. The minimum absolute atomic E-state index is 0.221. The highest BCUT2D eigenvalue weighted by atomic mass is 32.1. The molecule has 1 aromatic rings. The van der Waals surface area contributed by atoms with Crippen LogP contribution in [0.3, 0.4) is 0 Å². The molecule has 0 aromatic carbocycles. The molecule has 16 heavy (non-hydrogen) atoms. The van der Waals surface area contributed by atoms with Gasteiger partial charge in [-0.2, -0.15) is 11.3 Å². The van der Waals surface area contributed by atoms with Gasteiger partial charge < -0.3 is 10.2 Å². The lowest BCUT2D eigenvalue weighted by Gasteiger charge is -2.23. The third-order valence-electron chi connectivity index (χ3n) is 2.55. The lowest BCUT2D eigenvalue weighted by Crippen LogP contribution is -2.40. The number of hydrogen-bond acceptors (Lipinski definition) is 3. The Bertz CT molecular complexity index is 312. The normalized spacial score (nSPS) is 12.4. The van der Waals surface area contributed by atoms with Gasteiger partial charge in [0.1, 0.15) is 0 Å². The van der Waals surface area contributed by atoms with Crippen LogP contribution in [0.2, 0.25) is 0 Å². The van der Waals surface area contributed by atoms with E-state index < -0.39 is 0 Å². The molecule has 0 atom stereocenters. The van der Waals surface area contributed by atoms with Crippen LogP contribution in [0.4, 0.5) is 0 Å². The minimum atomic E-state index is 0.221. The van der Waals surface area contributed by atoms with Gasteiger partial charge in [-0.05, 0) is 56.6 Å². The fourth-order valence-electron chi connectivity index (χ4n) is 1.54. The number of likely N-dealkylation sites (N-methyl/N-ethyl adjacent to an activating group) is 1. The van der Waals surface area contributed by atoms with E-state index >= 15 is 0 Å². The van der Waals surface area contributed by atoms with E-state index in [1.807, 2.05) is 0 Å². The van der Waals surface area contributed by atoms with Crippen molar-refractivity contribution in [1.29, 1.82) is 0 Å². The molecule has 1 rings (SSSR count). The van der Waals surface area contributed by atoms with Gasteiger partial charge in [-0.1, -0.05) is 0 Å². The Balaban J connectivity index is 2.26. The average Bonchev–Trinajstić information content (AvgIpc) is 2.49. The number of nitrogens with zero attached hydrogens (tertiary/aromatic N) is 1. The molecule has 0 amide bonds. The summed E-state index contributed by atoms with van der Waals surface area (Å²) >= 11 is 1.79. The molecule has 0 aliphatic carbocycles. The van der Waals surface area contributed by atoms with Crippen molar-refractivity contribution in [3.63, 3.8) is 0 Å². The molecule has 0 fully saturated rings. The number of nitrogens with one attached hydrogen (secondary N) is 1. The molecule has 2 nitrogen and oxygen atoms in total. The maximum absolute atomic E-state index is 3.51. The summed E-state index contributed by atoms with van der Waals surface area (Å²) in [5.74, 6) is 0. The van der Waals surface area contributed by atoms with Crippen molar-refractivity contribution in [2.45, 2.75) is 39.8 Å². The van der Waals surface area contributed by atoms with Gasteiger partial charge in [0.05, 0.1) is 0 Å². The van der Waals surface area contributed by atoms with E-state index in [1.165, 1.54) is 11.1 Å². The van der Waals surface area contributed by atoms with E-state index in [-0.39, 0.29) is 5.54 Å². The van der Waals surface area contributed by atoms with Crippen molar-refractivity contribution in [3.05, 3.63) is 21.9 Å². The average molecular weight is 240 g/mol. The van der Waals surface area contributed by atoms with Crippen molar-refractivity contribution in [1.82, 2.24) is 10.2 Å². The van der Waals surface area contributed by atoms with Crippen LogP contribution in [0.5, 0.6) is 0 Å². The van der Waals surface area contributed by atoms with E-state index in [2.05, 4.69) is 55.7 Å². The summed E-state index contributed by atoms with van der Waals surface area (Å²) in [4.78, 5) is 2.37. The van der Waals surface area contributed by atoms with Gasteiger partial charge >= 0.3 is 0 Å². The summed E-state index contributed by atoms with van der Waals surface area (Å²) in [5, 5.41) is 7.98. The number of hydrogen-bond donors (Lipinski definition) is 1. The van der Waals surface area contributed by atoms with Gasteiger partial charge in [0, 0.05) is 25.2 Å². The zero-order chi connectivity index (χ0) is 12.2. The van der Waals surface area contributed by atoms with E-state index in [1.54, 1.807) is 11.3 Å². The lowest BCUT2D eigenvalue weighted by molar-refractivity contribution is 0.303. The third-order valence-corrected chi connectivity index (χ3v) is 3.46. The second kappa shape index (κ2) is 5.80. The molecule has 0 radical (unpaired) electrons. The van der Waals surface area contributed by atoms with Gasteiger partial charge in [-0.25, -0.2) is 0 Å². The maximum atomic E-state index is 3.51. The summed E-state index contributed by atoms with van der Waals surface area (Å²) in [5.41, 5.74) is 3.10. The van der Waals surface area contributed by atoms with E-state index in [0.29, 0.717) is 0 Å². The molecule has 0 aliphatic heterocycles. The third kappa shape index (κ3) is 5.10. The first-order valence-electron chi connectivity index (χ1n) is 5.84. The van der Waals surface area contributed by atoms with Crippen molar-refractivity contribution >= 4 is 11.3 Å². The Hall–Kier alpha value is -0.380. The molecule has 3 heteroatoms. The molecule has 1 N–H and O–H groups in total. The largest absolute Gasteiger partial charge is 0.311 e. The van der Waals surface area contributed by atoms with Crippen LogP contribution in [-0.2, 0) is 6.54 Å². The molecular formula is C13H24N2S. The molecule has 1 aromatic heterocycles. The highest BCUT2D eigenvalue weighted by Crippen LogP contribution is 2.15. The zero-order valence-corrected chi connectivity index (χ0v) is 11.9. The standard InChI is InChI=1S/C13H24N2S/c1-11-9-16-10-12(11)8-15(5)7-6-14-13(2,3)4/h9-10,14H,6-8H2,1-5H3. The van der Waals surface area contributed by atoms with Crippen molar-refractivity contribution < 1.29 is 0 Å². The van der Waals surface area contributed by atoms with E-state index in [4.69, 9.17) is 0 Å². The van der Waals surface area contributed by atoms with Gasteiger partial charge in [0.15, 0.2) is 0 Å². The predicted octanol–water partition coefficient (Wildman–Crippen LogP) is 2.88. The SMILES string of the molecule is Cc1cscc1CN(C)CCNC(C)(C)C. The van der Waals surface area contributed by atoms with Gasteiger partial charge in [-0.3, -0.25) is 0 Å². The van der Waals surface area contributed by atoms with E-state index in [9.17, 15) is 0 Å². The smallest absolute Gasteiger partial charge is 0.0242 e. The second-order valence-corrected chi connectivity index (χ2v) is 6.24. The van der Waals surface area contributed by atoms with Crippen molar-refractivity contribution in [2.24, 2.45) is 0 Å². The molecule has 0 aliphatic rings. The van der Waals surface area contributed by atoms with E-state index in [0.717, 1.165) is 19.6 Å². The Morgan fingerprint density at radius 2 is 2.00 bits per heavy atom. The van der Waals surface area contributed by atoms with Gasteiger partial charge in [0.2, 0.25) is 0 Å². The fourth-order valence-corrected chi connectivity index (χ4v) is 2.39. The Labute approximate surface area is 104 Å². The zero-order valence-electron chi connectivity index (χ0n) is 11.1. The summed E-state index contributed by atoms with van der Waals surface area (Å²) < 4.78 is 0. The number of thiophene rings is 1. The first kappa shape index (κ1) is 13.7. The monoisotopic (exact) mass is 240 g/mol. The topological polar surface area (TPSA) is 15.3 Å². The van der Waals surface area contributed by atoms with Crippen LogP contribution in [-0.4, -0.2) is 30.6 Å². The van der Waals surface area contributed by atoms with Crippen LogP contribution < -0.4 is 5.32 Å². The molecule has 1 heterocycles. The highest BCUT2D eigenvalue weighted by molar-refractivity contribution is 7.08. The summed E-state index contributed by atoms with van der Waals surface area (Å²) in [6.07, 6.45) is 0. The molecule has 92 valence electrons. The summed E-state index contributed by atoms with van der Waals surface area (Å²) in [6.45, 7) is 12.0. The molecule has 0 bridgehead atoms. The summed E-state index contributed by atoms with van der Waals surface area (Å²) in [7, 11) is 2.18. The molecule has 0 spiro atoms. The summed E-state index contributed by atoms with van der Waals surface area (Å²) in [6, 6.07) is 0. The maximum Gasteiger partial charge on any atom is 0.0242 e. The van der Waals surface area contributed by atoms with Crippen molar-refractivity contribution in [2.75, 3.05) is 20.1 Å².